The van der Waals surface area contributed by atoms with E-state index in [4.69, 9.17) is 4.74 Å². The summed E-state index contributed by atoms with van der Waals surface area (Å²) in [4.78, 5) is 16.9. The molecular formula is C17H24N2O4S. The normalized spacial score (nSPS) is 25.9. The van der Waals surface area contributed by atoms with Crippen LogP contribution in [0, 0.1) is 5.92 Å². The number of para-hydroxylation sites is 1. The first kappa shape index (κ1) is 17.2. The molecule has 1 saturated heterocycles. The molecule has 0 aliphatic carbocycles. The van der Waals surface area contributed by atoms with Gasteiger partial charge in [0.05, 0.1) is 23.5 Å². The van der Waals surface area contributed by atoms with Crippen LogP contribution in [0.5, 0.6) is 5.75 Å². The van der Waals surface area contributed by atoms with Crippen LogP contribution in [0.25, 0.3) is 0 Å². The highest BCUT2D eigenvalue weighted by atomic mass is 32.2. The minimum atomic E-state index is -3.08. The number of amides is 1. The number of sulfone groups is 1. The Morgan fingerprint density at radius 3 is 2.75 bits per heavy atom. The number of likely N-dealkylation sites (N-methyl/N-ethyl adjacent to an activating group) is 1. The van der Waals surface area contributed by atoms with Crippen molar-refractivity contribution < 1.29 is 17.9 Å². The summed E-state index contributed by atoms with van der Waals surface area (Å²) in [5.41, 5.74) is 0.966. The molecule has 2 aliphatic rings. The lowest BCUT2D eigenvalue weighted by molar-refractivity contribution is -0.138. The fourth-order valence-corrected chi connectivity index (χ4v) is 5.15. The largest absolute Gasteiger partial charge is 0.491 e. The third-order valence-electron chi connectivity index (χ3n) is 4.63. The summed E-state index contributed by atoms with van der Waals surface area (Å²) < 4.78 is 29.4. The first-order valence-corrected chi connectivity index (χ1v) is 10.0. The van der Waals surface area contributed by atoms with Gasteiger partial charge < -0.3 is 14.5 Å². The molecule has 1 fully saturated rings. The second-order valence-electron chi connectivity index (χ2n) is 6.90. The van der Waals surface area contributed by atoms with Crippen molar-refractivity contribution in [2.24, 2.45) is 5.92 Å². The number of carbonyl (C=O) groups is 1. The zero-order valence-electron chi connectivity index (χ0n) is 14.1. The van der Waals surface area contributed by atoms with E-state index < -0.39 is 15.8 Å². The highest BCUT2D eigenvalue weighted by molar-refractivity contribution is 7.91. The van der Waals surface area contributed by atoms with Crippen LogP contribution in [-0.4, -0.2) is 68.9 Å². The van der Waals surface area contributed by atoms with Gasteiger partial charge in [0, 0.05) is 18.7 Å². The number of benzene rings is 1. The van der Waals surface area contributed by atoms with Gasteiger partial charge in [0.15, 0.2) is 9.84 Å². The maximum Gasteiger partial charge on any atom is 0.227 e. The molecule has 1 amide bonds. The van der Waals surface area contributed by atoms with Gasteiger partial charge in [-0.15, -0.1) is 0 Å². The highest BCUT2D eigenvalue weighted by Crippen LogP contribution is 2.28. The van der Waals surface area contributed by atoms with Crippen LogP contribution in [0.15, 0.2) is 24.3 Å². The first-order chi connectivity index (χ1) is 11.4. The topological polar surface area (TPSA) is 66.9 Å². The summed E-state index contributed by atoms with van der Waals surface area (Å²) in [6.45, 7) is 1.56. The molecule has 0 radical (unpaired) electrons. The minimum absolute atomic E-state index is 0.0283. The second-order valence-corrected chi connectivity index (χ2v) is 9.13. The number of hydrogen-bond donors (Lipinski definition) is 0. The van der Waals surface area contributed by atoms with E-state index in [1.807, 2.05) is 48.2 Å². The maximum atomic E-state index is 13.0. The molecule has 6 nitrogen and oxygen atoms in total. The quantitative estimate of drug-likeness (QED) is 0.804. The first-order valence-electron chi connectivity index (χ1n) is 8.22. The summed E-state index contributed by atoms with van der Waals surface area (Å²) >= 11 is 0. The smallest absolute Gasteiger partial charge is 0.227 e. The Morgan fingerprint density at radius 1 is 1.33 bits per heavy atom. The van der Waals surface area contributed by atoms with E-state index in [1.165, 1.54) is 0 Å². The van der Waals surface area contributed by atoms with Gasteiger partial charge in [-0.05, 0) is 26.6 Å². The minimum Gasteiger partial charge on any atom is -0.491 e. The number of fused-ring (bicyclic) bond motifs is 1. The predicted octanol–water partition coefficient (Wildman–Crippen LogP) is 0.773. The third-order valence-corrected chi connectivity index (χ3v) is 6.39. The Kier molecular flexibility index (Phi) is 4.83. The van der Waals surface area contributed by atoms with Crippen molar-refractivity contribution >= 4 is 15.7 Å². The monoisotopic (exact) mass is 352 g/mol. The second kappa shape index (κ2) is 6.72. The molecule has 24 heavy (non-hydrogen) atoms. The van der Waals surface area contributed by atoms with Crippen molar-refractivity contribution in [1.82, 2.24) is 9.80 Å². The highest BCUT2D eigenvalue weighted by Gasteiger charge is 2.38. The molecule has 0 bridgehead atoms. The molecule has 7 heteroatoms. The van der Waals surface area contributed by atoms with Crippen LogP contribution < -0.4 is 4.74 Å². The zero-order valence-corrected chi connectivity index (χ0v) is 15.0. The SMILES string of the molecule is CN(C)CC1COc2ccccc2CN1C(=O)C1CCS(=O)(=O)C1. The van der Waals surface area contributed by atoms with Crippen molar-refractivity contribution in [3.63, 3.8) is 0 Å². The van der Waals surface area contributed by atoms with Gasteiger partial charge in [0.2, 0.25) is 5.91 Å². The summed E-state index contributed by atoms with van der Waals surface area (Å²) in [5.74, 6) is 0.395. The van der Waals surface area contributed by atoms with Crippen LogP contribution >= 0.6 is 0 Å². The van der Waals surface area contributed by atoms with Gasteiger partial charge in [-0.25, -0.2) is 8.42 Å². The van der Waals surface area contributed by atoms with Crippen molar-refractivity contribution in [2.45, 2.75) is 19.0 Å². The summed E-state index contributed by atoms with van der Waals surface area (Å²) in [6, 6.07) is 7.62. The average molecular weight is 352 g/mol. The van der Waals surface area contributed by atoms with Crippen LogP contribution in [0.2, 0.25) is 0 Å². The van der Waals surface area contributed by atoms with Gasteiger partial charge >= 0.3 is 0 Å². The number of carbonyl (C=O) groups excluding carboxylic acids is 1. The lowest BCUT2D eigenvalue weighted by Gasteiger charge is -2.32. The third kappa shape index (κ3) is 3.72. The Morgan fingerprint density at radius 2 is 2.08 bits per heavy atom. The van der Waals surface area contributed by atoms with E-state index >= 15 is 0 Å². The number of rotatable bonds is 3. The van der Waals surface area contributed by atoms with E-state index in [1.54, 1.807) is 0 Å². The molecule has 0 saturated carbocycles. The molecule has 1 aromatic carbocycles. The Labute approximate surface area is 143 Å². The molecule has 0 spiro atoms. The molecule has 0 aromatic heterocycles. The molecule has 0 N–H and O–H groups in total. The Hall–Kier alpha value is -1.60. The van der Waals surface area contributed by atoms with E-state index in [0.717, 1.165) is 11.3 Å². The summed E-state index contributed by atoms with van der Waals surface area (Å²) in [5, 5.41) is 0. The van der Waals surface area contributed by atoms with Crippen LogP contribution in [0.3, 0.4) is 0 Å². The average Bonchev–Trinajstić information content (AvgIpc) is 2.79. The van der Waals surface area contributed by atoms with Crippen molar-refractivity contribution in [2.75, 3.05) is 38.8 Å². The van der Waals surface area contributed by atoms with Gasteiger partial charge in [0.1, 0.15) is 12.4 Å². The van der Waals surface area contributed by atoms with Crippen molar-refractivity contribution in [1.29, 1.82) is 0 Å². The molecule has 132 valence electrons. The van der Waals surface area contributed by atoms with Gasteiger partial charge in [-0.3, -0.25) is 4.79 Å². The maximum absolute atomic E-state index is 13.0. The molecule has 2 heterocycles. The predicted molar refractivity (Wildman–Crippen MR) is 91.6 cm³/mol. The van der Waals surface area contributed by atoms with E-state index in [0.29, 0.717) is 26.1 Å². The van der Waals surface area contributed by atoms with Crippen LogP contribution in [0.4, 0.5) is 0 Å². The van der Waals surface area contributed by atoms with Gasteiger partial charge in [-0.1, -0.05) is 18.2 Å². The Balaban J connectivity index is 1.86. The van der Waals surface area contributed by atoms with E-state index in [2.05, 4.69) is 0 Å². The molecule has 3 rings (SSSR count). The fourth-order valence-electron chi connectivity index (χ4n) is 3.42. The van der Waals surface area contributed by atoms with Gasteiger partial charge in [-0.2, -0.15) is 0 Å². The summed E-state index contributed by atoms with van der Waals surface area (Å²) in [7, 11) is 0.840. The van der Waals surface area contributed by atoms with Crippen LogP contribution in [0.1, 0.15) is 12.0 Å². The molecule has 2 unspecified atom stereocenters. The number of hydrogen-bond acceptors (Lipinski definition) is 5. The Bertz CT molecular complexity index is 717. The van der Waals surface area contributed by atoms with Crippen molar-refractivity contribution in [3.8, 4) is 5.75 Å². The molecular weight excluding hydrogens is 328 g/mol. The lowest BCUT2D eigenvalue weighted by atomic mass is 10.0. The number of ether oxygens (including phenoxy) is 1. The van der Waals surface area contributed by atoms with Crippen LogP contribution in [-0.2, 0) is 21.2 Å². The van der Waals surface area contributed by atoms with E-state index in [9.17, 15) is 13.2 Å². The lowest BCUT2D eigenvalue weighted by Crippen LogP contribution is -2.49. The molecule has 2 aliphatic heterocycles. The zero-order chi connectivity index (χ0) is 17.3. The van der Waals surface area contributed by atoms with E-state index in [-0.39, 0.29) is 23.5 Å². The fraction of sp³-hybridized carbons (Fsp3) is 0.588. The van der Waals surface area contributed by atoms with Crippen molar-refractivity contribution in [3.05, 3.63) is 29.8 Å². The molecule has 1 aromatic rings. The molecule has 2 atom stereocenters. The summed E-state index contributed by atoms with van der Waals surface area (Å²) in [6.07, 6.45) is 0.425. The standard InChI is InChI=1S/C17H24N2O4S/c1-18(2)10-15-11-23-16-6-4-3-5-13(16)9-19(15)17(20)14-7-8-24(21,22)12-14/h3-6,14-15H,7-12H2,1-2H3. The number of nitrogens with zero attached hydrogens (tertiary/aromatic N) is 2. The van der Waals surface area contributed by atoms with Gasteiger partial charge in [0.25, 0.3) is 0 Å².